The van der Waals surface area contributed by atoms with E-state index in [-0.39, 0.29) is 17.7 Å². The Kier molecular flexibility index (Phi) is 4.48. The van der Waals surface area contributed by atoms with Crippen LogP contribution < -0.4 is 0 Å². The van der Waals surface area contributed by atoms with E-state index in [2.05, 4.69) is 6.92 Å². The van der Waals surface area contributed by atoms with Crippen LogP contribution in [0.4, 0.5) is 0 Å². The molecule has 1 heterocycles. The van der Waals surface area contributed by atoms with Gasteiger partial charge in [0.25, 0.3) is 0 Å². The number of carbonyl (C=O) groups is 2. The van der Waals surface area contributed by atoms with E-state index in [0.717, 1.165) is 41.5 Å². The van der Waals surface area contributed by atoms with Gasteiger partial charge in [-0.3, -0.25) is 4.79 Å². The van der Waals surface area contributed by atoms with E-state index in [9.17, 15) is 9.59 Å². The molecule has 3 atom stereocenters. The van der Waals surface area contributed by atoms with Crippen molar-refractivity contribution >= 4 is 11.8 Å². The molecule has 0 N–H and O–H groups in total. The number of esters is 1. The fourth-order valence-electron chi connectivity index (χ4n) is 4.01. The normalized spacial score (nSPS) is 28.9. The second-order valence-corrected chi connectivity index (χ2v) is 7.53. The third-order valence-corrected chi connectivity index (χ3v) is 5.99. The first-order valence-corrected chi connectivity index (χ1v) is 9.01. The maximum Gasteiger partial charge on any atom is 0.331 e. The van der Waals surface area contributed by atoms with Crippen LogP contribution in [-0.4, -0.2) is 11.8 Å². The van der Waals surface area contributed by atoms with E-state index in [1.54, 1.807) is 12.3 Å². The van der Waals surface area contributed by atoms with Gasteiger partial charge in [-0.15, -0.1) is 0 Å². The van der Waals surface area contributed by atoms with Gasteiger partial charge in [-0.25, -0.2) is 4.79 Å². The van der Waals surface area contributed by atoms with Crippen LogP contribution in [0.5, 0.6) is 0 Å². The molecule has 1 aromatic rings. The lowest BCUT2D eigenvalue weighted by Gasteiger charge is -2.47. The summed E-state index contributed by atoms with van der Waals surface area (Å²) in [7, 11) is 0. The van der Waals surface area contributed by atoms with Gasteiger partial charge >= 0.3 is 5.97 Å². The highest BCUT2D eigenvalue weighted by molar-refractivity contribution is 6.10. The molecule has 0 unspecified atom stereocenters. The fraction of sp³-hybridized carbons (Fsp3) is 0.524. The first-order chi connectivity index (χ1) is 11.8. The number of ketones is 1. The summed E-state index contributed by atoms with van der Waals surface area (Å²) < 4.78 is 11.5. The largest absolute Gasteiger partial charge is 0.460 e. The zero-order valence-corrected chi connectivity index (χ0v) is 15.6. The quantitative estimate of drug-likeness (QED) is 0.567. The maximum absolute atomic E-state index is 13.0. The molecule has 0 saturated heterocycles. The molecular formula is C21H26O4. The molecule has 134 valence electrons. The Balaban J connectivity index is 2.12. The van der Waals surface area contributed by atoms with Crippen molar-refractivity contribution in [3.8, 4) is 0 Å². The Labute approximate surface area is 148 Å². The highest BCUT2D eigenvalue weighted by Crippen LogP contribution is 2.57. The molecule has 2 aliphatic rings. The van der Waals surface area contributed by atoms with Gasteiger partial charge in [-0.2, -0.15) is 0 Å². The number of fused-ring (bicyclic) bond motifs is 2. The molecular weight excluding hydrogens is 316 g/mol. The van der Waals surface area contributed by atoms with E-state index >= 15 is 0 Å². The molecule has 4 heteroatoms. The Bertz CT molecular complexity index is 780. The predicted octanol–water partition coefficient (Wildman–Crippen LogP) is 5.09. The van der Waals surface area contributed by atoms with Crippen molar-refractivity contribution in [1.29, 1.82) is 0 Å². The van der Waals surface area contributed by atoms with Crippen LogP contribution in [0.15, 0.2) is 34.0 Å². The molecule has 1 aromatic heterocycles. The predicted molar refractivity (Wildman–Crippen MR) is 95.2 cm³/mol. The number of aryl methyl sites for hydroxylation is 1. The number of ether oxygens (including phenoxy) is 1. The van der Waals surface area contributed by atoms with Gasteiger partial charge in [0.2, 0.25) is 5.78 Å². The number of carbonyl (C=O) groups excluding carboxylic acids is 2. The third-order valence-electron chi connectivity index (χ3n) is 5.99. The van der Waals surface area contributed by atoms with Crippen molar-refractivity contribution < 1.29 is 18.7 Å². The van der Waals surface area contributed by atoms with Gasteiger partial charge in [0, 0.05) is 22.6 Å². The molecule has 0 amide bonds. The Morgan fingerprint density at radius 2 is 2.20 bits per heavy atom. The van der Waals surface area contributed by atoms with Gasteiger partial charge in [-0.1, -0.05) is 32.4 Å². The van der Waals surface area contributed by atoms with Crippen LogP contribution in [0.1, 0.15) is 74.7 Å². The van der Waals surface area contributed by atoms with Gasteiger partial charge in [0.1, 0.15) is 6.10 Å². The molecule has 0 fully saturated rings. The number of Topliss-reactive ketones (excluding diaryl/α,β-unsaturated/α-hetero) is 1. The third kappa shape index (κ3) is 2.68. The highest BCUT2D eigenvalue weighted by atomic mass is 16.5. The molecule has 0 aromatic carbocycles. The fourth-order valence-corrected chi connectivity index (χ4v) is 4.01. The Hall–Kier alpha value is -2.10. The minimum absolute atomic E-state index is 0.0651. The average Bonchev–Trinajstić information content (AvgIpc) is 2.95. The molecule has 2 aliphatic carbocycles. The average molecular weight is 342 g/mol. The molecule has 0 aliphatic heterocycles. The zero-order chi connectivity index (χ0) is 18.4. The van der Waals surface area contributed by atoms with Crippen LogP contribution in [0.2, 0.25) is 0 Å². The number of hydrogen-bond donors (Lipinski definition) is 0. The van der Waals surface area contributed by atoms with Gasteiger partial charge < -0.3 is 9.15 Å². The minimum atomic E-state index is -0.527. The lowest BCUT2D eigenvalue weighted by Crippen LogP contribution is -2.44. The lowest BCUT2D eigenvalue weighted by molar-refractivity contribution is -0.151. The molecule has 4 nitrogen and oxygen atoms in total. The van der Waals surface area contributed by atoms with E-state index < -0.39 is 11.5 Å². The summed E-state index contributed by atoms with van der Waals surface area (Å²) in [6.07, 6.45) is 7.26. The van der Waals surface area contributed by atoms with Crippen LogP contribution in [0.25, 0.3) is 0 Å². The zero-order valence-electron chi connectivity index (χ0n) is 15.6. The highest BCUT2D eigenvalue weighted by Gasteiger charge is 2.55. The molecule has 0 radical (unpaired) electrons. The van der Waals surface area contributed by atoms with Crippen molar-refractivity contribution in [3.63, 3.8) is 0 Å². The molecule has 0 bridgehead atoms. The van der Waals surface area contributed by atoms with E-state index in [1.807, 2.05) is 33.8 Å². The van der Waals surface area contributed by atoms with Crippen LogP contribution >= 0.6 is 0 Å². The number of hydrogen-bond acceptors (Lipinski definition) is 4. The number of rotatable bonds is 3. The van der Waals surface area contributed by atoms with Crippen molar-refractivity contribution in [3.05, 3.63) is 46.4 Å². The molecule has 25 heavy (non-hydrogen) atoms. The summed E-state index contributed by atoms with van der Waals surface area (Å²) in [5, 5.41) is 0. The van der Waals surface area contributed by atoms with Crippen molar-refractivity contribution in [2.24, 2.45) is 11.3 Å². The monoisotopic (exact) mass is 342 g/mol. The summed E-state index contributed by atoms with van der Waals surface area (Å²) >= 11 is 0. The Morgan fingerprint density at radius 1 is 1.48 bits per heavy atom. The van der Waals surface area contributed by atoms with E-state index in [1.165, 1.54) is 0 Å². The molecule has 0 spiro atoms. The molecule has 3 rings (SSSR count). The lowest BCUT2D eigenvalue weighted by atomic mass is 9.58. The second kappa shape index (κ2) is 6.32. The standard InChI is InChI=1S/C21H26O4/c1-6-12(2)10-16(22)25-20-17-13(3)11-24-19(17)18(23)15-9-7-8-14(4)21(15,20)5/h9-11,14,20H,6-8H2,1-5H3/b12-10-/t14-,20+,21+/m0/s1. The second-order valence-electron chi connectivity index (χ2n) is 7.53. The van der Waals surface area contributed by atoms with Crippen LogP contribution in [0, 0.1) is 18.3 Å². The minimum Gasteiger partial charge on any atom is -0.460 e. The topological polar surface area (TPSA) is 56.5 Å². The van der Waals surface area contributed by atoms with E-state index in [4.69, 9.17) is 9.15 Å². The van der Waals surface area contributed by atoms with E-state index in [0.29, 0.717) is 5.76 Å². The maximum atomic E-state index is 13.0. The first-order valence-electron chi connectivity index (χ1n) is 9.01. The number of allylic oxidation sites excluding steroid dienone is 2. The summed E-state index contributed by atoms with van der Waals surface area (Å²) in [5.41, 5.74) is 2.76. The SMILES string of the molecule is CC/C(C)=C\C(=O)O[C@@H]1c2c(C)coc2C(=O)C2=CCC[C@H](C)[C@]21C. The van der Waals surface area contributed by atoms with Crippen molar-refractivity contribution in [2.75, 3.05) is 0 Å². The summed E-state index contributed by atoms with van der Waals surface area (Å²) in [4.78, 5) is 25.5. The van der Waals surface area contributed by atoms with Gasteiger partial charge in [0.15, 0.2) is 5.76 Å². The van der Waals surface area contributed by atoms with Gasteiger partial charge in [-0.05, 0) is 44.6 Å². The summed E-state index contributed by atoms with van der Waals surface area (Å²) in [6.45, 7) is 9.99. The first kappa shape index (κ1) is 17.7. The van der Waals surface area contributed by atoms with Crippen LogP contribution in [0.3, 0.4) is 0 Å². The number of furan rings is 1. The smallest absolute Gasteiger partial charge is 0.331 e. The van der Waals surface area contributed by atoms with Crippen LogP contribution in [-0.2, 0) is 9.53 Å². The van der Waals surface area contributed by atoms with Gasteiger partial charge in [0.05, 0.1) is 6.26 Å². The summed E-state index contributed by atoms with van der Waals surface area (Å²) in [5.74, 6) is 0.130. The summed E-state index contributed by atoms with van der Waals surface area (Å²) in [6, 6.07) is 0. The van der Waals surface area contributed by atoms with Crippen molar-refractivity contribution in [2.45, 2.75) is 60.0 Å². The molecule has 0 saturated carbocycles. The van der Waals surface area contributed by atoms with Crippen molar-refractivity contribution in [1.82, 2.24) is 0 Å². The Morgan fingerprint density at radius 3 is 2.88 bits per heavy atom.